The van der Waals surface area contributed by atoms with Crippen LogP contribution >= 0.6 is 11.3 Å². The van der Waals surface area contributed by atoms with Gasteiger partial charge in [0.05, 0.1) is 12.6 Å². The van der Waals surface area contributed by atoms with E-state index in [1.165, 1.54) is 23.0 Å². The van der Waals surface area contributed by atoms with Gasteiger partial charge in [-0.05, 0) is 29.6 Å². The topological polar surface area (TPSA) is 61.4 Å². The van der Waals surface area contributed by atoms with Gasteiger partial charge < -0.3 is 9.15 Å². The lowest BCUT2D eigenvalue weighted by molar-refractivity contribution is 0.104. The Morgan fingerprint density at radius 3 is 2.90 bits per heavy atom. The number of fused-ring (bicyclic) bond motifs is 1. The van der Waals surface area contributed by atoms with Crippen molar-refractivity contribution in [1.29, 1.82) is 0 Å². The van der Waals surface area contributed by atoms with Gasteiger partial charge in [0.1, 0.15) is 10.6 Å². The van der Waals surface area contributed by atoms with E-state index in [1.54, 1.807) is 36.7 Å². The molecule has 0 radical (unpaired) electrons. The highest BCUT2D eigenvalue weighted by molar-refractivity contribution is 7.12. The third-order valence-corrected chi connectivity index (χ3v) is 4.00. The first-order valence-corrected chi connectivity index (χ1v) is 6.75. The molecule has 0 aliphatic rings. The smallest absolute Gasteiger partial charge is 0.419 e. The first kappa shape index (κ1) is 12.7. The van der Waals surface area contributed by atoms with Crippen LogP contribution in [0.4, 0.5) is 0 Å². The summed E-state index contributed by atoms with van der Waals surface area (Å²) in [6.07, 6.45) is 0. The predicted molar refractivity (Wildman–Crippen MR) is 75.8 cm³/mol. The van der Waals surface area contributed by atoms with E-state index in [9.17, 15) is 9.59 Å². The molecule has 2 aromatic heterocycles. The number of aryl methyl sites for hydroxylation is 1. The van der Waals surface area contributed by atoms with E-state index in [0.29, 0.717) is 27.3 Å². The molecule has 0 spiro atoms. The minimum absolute atomic E-state index is 0.148. The molecule has 20 heavy (non-hydrogen) atoms. The average molecular weight is 289 g/mol. The maximum absolute atomic E-state index is 12.4. The van der Waals surface area contributed by atoms with Gasteiger partial charge in [0, 0.05) is 12.6 Å². The zero-order chi connectivity index (χ0) is 14.3. The molecule has 0 atom stereocenters. The van der Waals surface area contributed by atoms with E-state index in [-0.39, 0.29) is 5.78 Å². The fourth-order valence-corrected chi connectivity index (χ4v) is 2.85. The van der Waals surface area contributed by atoms with Crippen LogP contribution in [0.5, 0.6) is 5.75 Å². The number of hydrogen-bond acceptors (Lipinski definition) is 5. The number of ketones is 1. The summed E-state index contributed by atoms with van der Waals surface area (Å²) in [4.78, 5) is 24.4. The summed E-state index contributed by atoms with van der Waals surface area (Å²) in [6.45, 7) is 0. The molecular weight excluding hydrogens is 278 g/mol. The quantitative estimate of drug-likeness (QED) is 0.695. The Kier molecular flexibility index (Phi) is 2.94. The van der Waals surface area contributed by atoms with Crippen molar-refractivity contribution in [2.24, 2.45) is 7.05 Å². The number of nitrogens with zero attached hydrogens (tertiary/aromatic N) is 1. The largest absolute Gasteiger partial charge is 0.495 e. The van der Waals surface area contributed by atoms with Gasteiger partial charge in [-0.2, -0.15) is 0 Å². The Morgan fingerprint density at radius 2 is 2.15 bits per heavy atom. The van der Waals surface area contributed by atoms with Crippen LogP contribution in [0.2, 0.25) is 0 Å². The number of thiophene rings is 1. The first-order valence-electron chi connectivity index (χ1n) is 5.87. The molecule has 0 fully saturated rings. The van der Waals surface area contributed by atoms with Crippen molar-refractivity contribution in [1.82, 2.24) is 4.57 Å². The van der Waals surface area contributed by atoms with Gasteiger partial charge in [-0.3, -0.25) is 9.36 Å². The lowest BCUT2D eigenvalue weighted by atomic mass is 10.1. The van der Waals surface area contributed by atoms with Crippen LogP contribution in [0.15, 0.2) is 38.9 Å². The Bertz CT molecular complexity index is 856. The minimum atomic E-state index is -0.446. The van der Waals surface area contributed by atoms with Crippen molar-refractivity contribution in [3.05, 3.63) is 50.6 Å². The molecule has 2 heterocycles. The molecule has 1 aromatic carbocycles. The Hall–Kier alpha value is -2.34. The molecule has 5 nitrogen and oxygen atoms in total. The van der Waals surface area contributed by atoms with Crippen LogP contribution in [0.3, 0.4) is 0 Å². The number of methoxy groups -OCH3 is 1. The third-order valence-electron chi connectivity index (χ3n) is 3.11. The van der Waals surface area contributed by atoms with Crippen molar-refractivity contribution in [2.45, 2.75) is 0 Å². The van der Waals surface area contributed by atoms with Gasteiger partial charge >= 0.3 is 5.76 Å². The Balaban J connectivity index is 2.10. The number of rotatable bonds is 3. The molecule has 102 valence electrons. The number of ether oxygens (including phenoxy) is 1. The number of aromatic nitrogens is 1. The van der Waals surface area contributed by atoms with E-state index in [2.05, 4.69) is 0 Å². The summed E-state index contributed by atoms with van der Waals surface area (Å²) in [7, 11) is 3.15. The molecule has 0 aliphatic carbocycles. The Morgan fingerprint density at radius 1 is 1.35 bits per heavy atom. The molecule has 6 heteroatoms. The number of benzene rings is 1. The van der Waals surface area contributed by atoms with Gasteiger partial charge in [0.2, 0.25) is 5.78 Å². The Labute approximate surface area is 118 Å². The zero-order valence-corrected chi connectivity index (χ0v) is 11.7. The second-order valence-corrected chi connectivity index (χ2v) is 5.17. The van der Waals surface area contributed by atoms with Crippen molar-refractivity contribution in [2.75, 3.05) is 7.11 Å². The van der Waals surface area contributed by atoms with Crippen molar-refractivity contribution < 1.29 is 13.9 Å². The van der Waals surface area contributed by atoms with Crippen LogP contribution in [-0.4, -0.2) is 17.5 Å². The second-order valence-electron chi connectivity index (χ2n) is 4.26. The van der Waals surface area contributed by atoms with Gasteiger partial charge in [-0.25, -0.2) is 4.79 Å². The number of carbonyl (C=O) groups is 1. The fraction of sp³-hybridized carbons (Fsp3) is 0.143. The lowest BCUT2D eigenvalue weighted by Crippen LogP contribution is -2.08. The molecule has 0 amide bonds. The summed E-state index contributed by atoms with van der Waals surface area (Å²) in [5, 5.41) is 1.80. The monoisotopic (exact) mass is 289 g/mol. The van der Waals surface area contributed by atoms with E-state index >= 15 is 0 Å². The SMILES string of the molecule is COc1ccsc1C(=O)c1ccc2c(c1)oc(=O)n2C. The predicted octanol–water partition coefficient (Wildman–Crippen LogP) is 2.43. The molecule has 3 aromatic rings. The summed E-state index contributed by atoms with van der Waals surface area (Å²) in [5.74, 6) is -0.0434. The highest BCUT2D eigenvalue weighted by Gasteiger charge is 2.17. The average Bonchev–Trinajstić information content (AvgIpc) is 3.03. The number of hydrogen-bond donors (Lipinski definition) is 0. The molecule has 0 saturated heterocycles. The standard InChI is InChI=1S/C14H11NO4S/c1-15-9-4-3-8(7-11(9)19-14(15)17)12(16)13-10(18-2)5-6-20-13/h3-7H,1-2H3. The summed E-state index contributed by atoms with van der Waals surface area (Å²) >= 11 is 1.32. The van der Waals surface area contributed by atoms with Crippen molar-refractivity contribution in [3.8, 4) is 5.75 Å². The van der Waals surface area contributed by atoms with Crippen molar-refractivity contribution >= 4 is 28.2 Å². The van der Waals surface area contributed by atoms with E-state index in [4.69, 9.17) is 9.15 Å². The minimum Gasteiger partial charge on any atom is -0.495 e. The van der Waals surface area contributed by atoms with E-state index < -0.39 is 5.76 Å². The third kappa shape index (κ3) is 1.85. The number of oxazole rings is 1. The first-order chi connectivity index (χ1) is 9.61. The molecule has 0 aliphatic heterocycles. The van der Waals surface area contributed by atoms with E-state index in [0.717, 1.165) is 0 Å². The van der Waals surface area contributed by atoms with Gasteiger partial charge in [-0.1, -0.05) is 0 Å². The van der Waals surface area contributed by atoms with Crippen LogP contribution < -0.4 is 10.5 Å². The summed E-state index contributed by atoms with van der Waals surface area (Å²) in [5.41, 5.74) is 1.52. The van der Waals surface area contributed by atoms with Gasteiger partial charge in [0.15, 0.2) is 5.58 Å². The summed E-state index contributed by atoms with van der Waals surface area (Å²) in [6, 6.07) is 6.71. The molecule has 0 saturated carbocycles. The molecular formula is C14H11NO4S. The normalized spacial score (nSPS) is 10.9. The molecule has 0 N–H and O–H groups in total. The summed E-state index contributed by atoms with van der Waals surface area (Å²) < 4.78 is 11.6. The molecule has 0 unspecified atom stereocenters. The van der Waals surface area contributed by atoms with Crippen molar-refractivity contribution in [3.63, 3.8) is 0 Å². The highest BCUT2D eigenvalue weighted by Crippen LogP contribution is 2.28. The van der Waals surface area contributed by atoms with E-state index in [1.807, 2.05) is 0 Å². The van der Waals surface area contributed by atoms with Crippen LogP contribution in [0.25, 0.3) is 11.1 Å². The van der Waals surface area contributed by atoms with Gasteiger partial charge in [0.25, 0.3) is 0 Å². The fourth-order valence-electron chi connectivity index (χ4n) is 2.03. The van der Waals surface area contributed by atoms with Crippen LogP contribution in [-0.2, 0) is 7.05 Å². The maximum Gasteiger partial charge on any atom is 0.419 e. The molecule has 3 rings (SSSR count). The van der Waals surface area contributed by atoms with Crippen LogP contribution in [0, 0.1) is 0 Å². The zero-order valence-electron chi connectivity index (χ0n) is 10.9. The molecule has 0 bridgehead atoms. The highest BCUT2D eigenvalue weighted by atomic mass is 32.1. The maximum atomic E-state index is 12.4. The lowest BCUT2D eigenvalue weighted by Gasteiger charge is -2.02. The van der Waals surface area contributed by atoms with Gasteiger partial charge in [-0.15, -0.1) is 11.3 Å². The second kappa shape index (κ2) is 4.64. The van der Waals surface area contributed by atoms with Crippen LogP contribution in [0.1, 0.15) is 15.2 Å². The number of carbonyl (C=O) groups excluding carboxylic acids is 1.